The molecule has 2 aromatic rings. The van der Waals surface area contributed by atoms with Gasteiger partial charge in [-0.2, -0.15) is 0 Å². The van der Waals surface area contributed by atoms with Crippen LogP contribution in [0.4, 0.5) is 0 Å². The van der Waals surface area contributed by atoms with Gasteiger partial charge in [-0.3, -0.25) is 0 Å². The molecule has 0 heterocycles. The highest BCUT2D eigenvalue weighted by atomic mass is 16.3. The average Bonchev–Trinajstić information content (AvgIpc) is 2.56. The lowest BCUT2D eigenvalue weighted by Crippen LogP contribution is -1.87. The van der Waals surface area contributed by atoms with Gasteiger partial charge in [0, 0.05) is 0 Å². The summed E-state index contributed by atoms with van der Waals surface area (Å²) in [6.45, 7) is 4.44. The molecule has 1 nitrogen and oxygen atoms in total. The van der Waals surface area contributed by atoms with Crippen molar-refractivity contribution in [3.8, 4) is 0 Å². The maximum absolute atomic E-state index is 9.27. The van der Waals surface area contributed by atoms with Gasteiger partial charge >= 0.3 is 0 Å². The summed E-state index contributed by atoms with van der Waals surface area (Å²) in [7, 11) is 0. The maximum Gasteiger partial charge on any atom is 0.0682 e. The minimum atomic E-state index is 0.111. The average molecular weight is 210 g/mol. The quantitative estimate of drug-likeness (QED) is 0.762. The lowest BCUT2D eigenvalue weighted by Gasteiger charge is -2.06. The zero-order valence-electron chi connectivity index (χ0n) is 9.54. The van der Waals surface area contributed by atoms with E-state index in [-0.39, 0.29) is 6.61 Å². The second-order valence-electron chi connectivity index (χ2n) is 4.46. The molecular weight excluding hydrogens is 196 g/mol. The molecule has 0 amide bonds. The van der Waals surface area contributed by atoms with E-state index in [1.165, 1.54) is 33.0 Å². The Kier molecular flexibility index (Phi) is 1.92. The van der Waals surface area contributed by atoms with E-state index in [9.17, 15) is 5.11 Å². The second-order valence-corrected chi connectivity index (χ2v) is 4.46. The number of rotatable bonds is 1. The Bertz CT molecular complexity index is 621. The fraction of sp³-hybridized carbons (Fsp3) is 0.200. The van der Waals surface area contributed by atoms with Gasteiger partial charge in [0.05, 0.1) is 6.61 Å². The third-order valence-electron chi connectivity index (χ3n) is 3.59. The van der Waals surface area contributed by atoms with Gasteiger partial charge in [-0.15, -0.1) is 0 Å². The largest absolute Gasteiger partial charge is 0.392 e. The number of aliphatic hydroxyl groups is 1. The van der Waals surface area contributed by atoms with E-state index in [0.717, 1.165) is 5.56 Å². The Labute approximate surface area is 95.0 Å². The van der Waals surface area contributed by atoms with Crippen LogP contribution in [0.25, 0.3) is 21.9 Å². The lowest BCUT2D eigenvalue weighted by atomic mass is 9.99. The van der Waals surface area contributed by atoms with Crippen molar-refractivity contribution in [1.82, 2.24) is 0 Å². The molecule has 1 heteroatoms. The molecule has 2 aromatic carbocycles. The molecule has 1 aliphatic rings. The molecule has 0 saturated carbocycles. The van der Waals surface area contributed by atoms with Crippen molar-refractivity contribution < 1.29 is 5.11 Å². The van der Waals surface area contributed by atoms with Crippen molar-refractivity contribution in [2.24, 2.45) is 0 Å². The van der Waals surface area contributed by atoms with Crippen LogP contribution in [0, 0.1) is 0 Å². The molecule has 0 unspecified atom stereocenters. The summed E-state index contributed by atoms with van der Waals surface area (Å²) in [6.07, 6.45) is 0. The van der Waals surface area contributed by atoms with E-state index in [0.29, 0.717) is 0 Å². The first kappa shape index (κ1) is 9.61. The summed E-state index contributed by atoms with van der Waals surface area (Å²) < 4.78 is 0. The van der Waals surface area contributed by atoms with Crippen LogP contribution < -0.4 is 0 Å². The Balaban J connectivity index is 2.48. The summed E-state index contributed by atoms with van der Waals surface area (Å²) in [5, 5.41) is 11.8. The third kappa shape index (κ3) is 1.09. The van der Waals surface area contributed by atoms with Crippen LogP contribution in [-0.4, -0.2) is 5.11 Å². The summed E-state index contributed by atoms with van der Waals surface area (Å²) in [5.41, 5.74) is 6.31. The maximum atomic E-state index is 9.27. The van der Waals surface area contributed by atoms with Crippen LogP contribution in [0.5, 0.6) is 0 Å². The van der Waals surface area contributed by atoms with Crippen LogP contribution in [0.15, 0.2) is 30.3 Å². The van der Waals surface area contributed by atoms with Gasteiger partial charge in [0.1, 0.15) is 0 Å². The van der Waals surface area contributed by atoms with Gasteiger partial charge < -0.3 is 5.11 Å². The van der Waals surface area contributed by atoms with Crippen molar-refractivity contribution in [3.05, 3.63) is 47.0 Å². The van der Waals surface area contributed by atoms with Crippen LogP contribution in [0.1, 0.15) is 30.5 Å². The molecule has 16 heavy (non-hydrogen) atoms. The zero-order valence-corrected chi connectivity index (χ0v) is 9.54. The molecular formula is C15H14O. The van der Waals surface area contributed by atoms with Gasteiger partial charge in [-0.1, -0.05) is 18.2 Å². The Morgan fingerprint density at radius 2 is 1.75 bits per heavy atom. The Morgan fingerprint density at radius 1 is 1.00 bits per heavy atom. The fourth-order valence-electron chi connectivity index (χ4n) is 2.59. The predicted molar refractivity (Wildman–Crippen MR) is 68.0 cm³/mol. The monoisotopic (exact) mass is 210 g/mol. The molecule has 3 rings (SSSR count). The number of aliphatic hydroxyl groups excluding tert-OH is 1. The summed E-state index contributed by atoms with van der Waals surface area (Å²) in [5.74, 6) is 0. The summed E-state index contributed by atoms with van der Waals surface area (Å²) >= 11 is 0. The minimum absolute atomic E-state index is 0.111. The molecule has 0 bridgehead atoms. The highest BCUT2D eigenvalue weighted by molar-refractivity contribution is 6.13. The van der Waals surface area contributed by atoms with E-state index >= 15 is 0 Å². The Hall–Kier alpha value is -1.60. The number of allylic oxidation sites excluding steroid dienone is 2. The zero-order chi connectivity index (χ0) is 11.3. The van der Waals surface area contributed by atoms with E-state index in [1.54, 1.807) is 0 Å². The molecule has 1 aliphatic carbocycles. The van der Waals surface area contributed by atoms with Crippen LogP contribution in [0.2, 0.25) is 0 Å². The van der Waals surface area contributed by atoms with Gasteiger partial charge in [0.2, 0.25) is 0 Å². The summed E-state index contributed by atoms with van der Waals surface area (Å²) in [4.78, 5) is 0. The number of benzene rings is 2. The standard InChI is InChI=1S/C15H14O/c1-9-10(2)14-7-11(8-16)6-12-4-3-5-13(9)15(12)14/h3-7,16H,8H2,1-2H3. The molecule has 80 valence electrons. The molecule has 0 radical (unpaired) electrons. The molecule has 1 N–H and O–H groups in total. The van der Waals surface area contributed by atoms with E-state index in [4.69, 9.17) is 0 Å². The normalized spacial score (nSPS) is 13.9. The molecule has 0 saturated heterocycles. The van der Waals surface area contributed by atoms with Crippen LogP contribution in [-0.2, 0) is 6.61 Å². The van der Waals surface area contributed by atoms with Crippen molar-refractivity contribution >= 4 is 21.9 Å². The molecule has 0 atom stereocenters. The first-order valence-electron chi connectivity index (χ1n) is 5.57. The van der Waals surface area contributed by atoms with Crippen molar-refractivity contribution in [1.29, 1.82) is 0 Å². The molecule has 0 aromatic heterocycles. The van der Waals surface area contributed by atoms with Gasteiger partial charge in [0.25, 0.3) is 0 Å². The van der Waals surface area contributed by atoms with Gasteiger partial charge in [0.15, 0.2) is 0 Å². The molecule has 0 aliphatic heterocycles. The molecule has 0 fully saturated rings. The smallest absolute Gasteiger partial charge is 0.0682 e. The summed E-state index contributed by atoms with van der Waals surface area (Å²) in [6, 6.07) is 10.6. The van der Waals surface area contributed by atoms with Gasteiger partial charge in [-0.25, -0.2) is 0 Å². The highest BCUT2D eigenvalue weighted by Crippen LogP contribution is 2.41. The second kappa shape index (κ2) is 3.19. The molecule has 0 spiro atoms. The first-order valence-corrected chi connectivity index (χ1v) is 5.57. The first-order chi connectivity index (χ1) is 7.72. The van der Waals surface area contributed by atoms with E-state index in [2.05, 4.69) is 44.2 Å². The van der Waals surface area contributed by atoms with Crippen molar-refractivity contribution in [3.63, 3.8) is 0 Å². The van der Waals surface area contributed by atoms with E-state index < -0.39 is 0 Å². The minimum Gasteiger partial charge on any atom is -0.392 e. The number of hydrogen-bond donors (Lipinski definition) is 1. The SMILES string of the molecule is CC1=C(C)c2cc(CO)cc3cccc1c23. The van der Waals surface area contributed by atoms with Crippen molar-refractivity contribution in [2.45, 2.75) is 20.5 Å². The van der Waals surface area contributed by atoms with E-state index in [1.807, 2.05) is 0 Å². The topological polar surface area (TPSA) is 20.2 Å². The predicted octanol–water partition coefficient (Wildman–Crippen LogP) is 3.60. The van der Waals surface area contributed by atoms with Crippen LogP contribution >= 0.6 is 0 Å². The number of hydrogen-bond acceptors (Lipinski definition) is 1. The fourth-order valence-corrected chi connectivity index (χ4v) is 2.59. The lowest BCUT2D eigenvalue weighted by molar-refractivity contribution is 0.282. The third-order valence-corrected chi connectivity index (χ3v) is 3.59. The van der Waals surface area contributed by atoms with Gasteiger partial charge in [-0.05, 0) is 64.6 Å². The van der Waals surface area contributed by atoms with Crippen molar-refractivity contribution in [2.75, 3.05) is 0 Å². The van der Waals surface area contributed by atoms with Crippen LogP contribution in [0.3, 0.4) is 0 Å². The highest BCUT2D eigenvalue weighted by Gasteiger charge is 2.18. The Morgan fingerprint density at radius 3 is 2.50 bits per heavy atom.